The van der Waals surface area contributed by atoms with Gasteiger partial charge in [-0.05, 0) is 81.8 Å². The van der Waals surface area contributed by atoms with E-state index in [4.69, 9.17) is 9.47 Å². The van der Waals surface area contributed by atoms with Crippen molar-refractivity contribution in [3.63, 3.8) is 0 Å². The van der Waals surface area contributed by atoms with E-state index in [1.54, 1.807) is 60.7 Å². The maximum absolute atomic E-state index is 15.1. The molecule has 0 heterocycles. The molecule has 0 aromatic heterocycles. The lowest BCUT2D eigenvalue weighted by Crippen LogP contribution is -2.32. The van der Waals surface area contributed by atoms with Gasteiger partial charge in [-0.3, -0.25) is 4.57 Å². The van der Waals surface area contributed by atoms with Gasteiger partial charge in [0.25, 0.3) is 7.37 Å². The van der Waals surface area contributed by atoms with Gasteiger partial charge in [-0.25, -0.2) is 0 Å². The zero-order valence-corrected chi connectivity index (χ0v) is 29.2. The van der Waals surface area contributed by atoms with Crippen LogP contribution in [0.3, 0.4) is 0 Å². The zero-order valence-electron chi connectivity index (χ0n) is 28.3. The summed E-state index contributed by atoms with van der Waals surface area (Å²) in [5.74, 6) is 0.379. The molecule has 0 bridgehead atoms. The first-order chi connectivity index (χ1) is 24.6. The van der Waals surface area contributed by atoms with Crippen LogP contribution >= 0.6 is 7.37 Å². The highest BCUT2D eigenvalue weighted by Crippen LogP contribution is 2.62. The molecule has 0 aliphatic heterocycles. The Balaban J connectivity index is 1.38. The Kier molecular flexibility index (Phi) is 10.4. The topological polar surface area (TPSA) is 96.2 Å². The smallest absolute Gasteiger partial charge is 0.269 e. The second-order valence-electron chi connectivity index (χ2n) is 12.3. The minimum atomic E-state index is -4.78. The minimum absolute atomic E-state index is 0.0177. The molecule has 3 N–H and O–H groups in total. The van der Waals surface area contributed by atoms with Crippen LogP contribution in [0.2, 0.25) is 0 Å². The van der Waals surface area contributed by atoms with Crippen LogP contribution in [0.5, 0.6) is 17.2 Å². The van der Waals surface area contributed by atoms with E-state index < -0.39 is 12.7 Å². The summed E-state index contributed by atoms with van der Waals surface area (Å²) in [6.07, 6.45) is 3.52. The summed E-state index contributed by atoms with van der Waals surface area (Å²) in [6.45, 7) is 9.97. The third-order valence-electron chi connectivity index (χ3n) is 8.95. The fourth-order valence-corrected chi connectivity index (χ4v) is 8.15. The van der Waals surface area contributed by atoms with Crippen LogP contribution in [0.25, 0.3) is 23.3 Å². The van der Waals surface area contributed by atoms with Crippen molar-refractivity contribution in [3.8, 4) is 28.4 Å². The maximum Gasteiger partial charge on any atom is 0.269 e. The molecule has 0 aliphatic rings. The van der Waals surface area contributed by atoms with E-state index in [0.717, 1.165) is 33.4 Å². The molecular formula is C44H39O6P. The van der Waals surface area contributed by atoms with E-state index in [-0.39, 0.29) is 34.5 Å². The molecule has 0 saturated carbocycles. The van der Waals surface area contributed by atoms with Crippen molar-refractivity contribution >= 4 is 24.8 Å². The molecule has 6 aromatic rings. The Morgan fingerprint density at radius 3 is 1.76 bits per heavy atom. The van der Waals surface area contributed by atoms with Crippen LogP contribution < -0.4 is 14.8 Å². The SMILES string of the molecule is C=Cc1ccc(COc2ccc(C(O)(c3ccc(OCc4ccc(C=C)cc4)c(O)c3)P(=O)(O)c3ccccc3-c3ccccc3C)cc2)cc1. The fourth-order valence-electron chi connectivity index (χ4n) is 6.00. The van der Waals surface area contributed by atoms with E-state index in [1.807, 2.05) is 79.7 Å². The van der Waals surface area contributed by atoms with Crippen LogP contribution in [0.4, 0.5) is 0 Å². The van der Waals surface area contributed by atoms with Crippen molar-refractivity contribution in [1.29, 1.82) is 0 Å². The molecule has 6 aromatic carbocycles. The van der Waals surface area contributed by atoms with E-state index in [2.05, 4.69) is 13.2 Å². The quantitative estimate of drug-likeness (QED) is 0.104. The number of phenols is 1. The summed E-state index contributed by atoms with van der Waals surface area (Å²) in [6, 6.07) is 40.6. The lowest BCUT2D eigenvalue weighted by molar-refractivity contribution is 0.152. The number of hydrogen-bond acceptors (Lipinski definition) is 5. The summed E-state index contributed by atoms with van der Waals surface area (Å²) in [4.78, 5) is 12.3. The van der Waals surface area contributed by atoms with Crippen molar-refractivity contribution < 1.29 is 29.1 Å². The van der Waals surface area contributed by atoms with Crippen molar-refractivity contribution in [2.45, 2.75) is 25.5 Å². The third kappa shape index (κ3) is 7.30. The molecule has 2 unspecified atom stereocenters. The van der Waals surface area contributed by atoms with Gasteiger partial charge in [0.1, 0.15) is 19.0 Å². The predicted octanol–water partition coefficient (Wildman–Crippen LogP) is 9.60. The molecule has 0 saturated heterocycles. The summed E-state index contributed by atoms with van der Waals surface area (Å²) in [7, 11) is -4.78. The highest BCUT2D eigenvalue weighted by Gasteiger charge is 2.51. The molecule has 0 spiro atoms. The molecule has 0 radical (unpaired) electrons. The first-order valence-electron chi connectivity index (χ1n) is 16.5. The predicted molar refractivity (Wildman–Crippen MR) is 205 cm³/mol. The van der Waals surface area contributed by atoms with E-state index in [9.17, 15) is 15.1 Å². The lowest BCUT2D eigenvalue weighted by Gasteiger charge is -2.35. The molecule has 0 fully saturated rings. The highest BCUT2D eigenvalue weighted by atomic mass is 31.2. The van der Waals surface area contributed by atoms with Crippen LogP contribution in [0, 0.1) is 6.92 Å². The Labute approximate surface area is 298 Å². The average Bonchev–Trinajstić information content (AvgIpc) is 3.17. The number of hydrogen-bond donors (Lipinski definition) is 3. The van der Waals surface area contributed by atoms with Gasteiger partial charge in [-0.1, -0.05) is 135 Å². The largest absolute Gasteiger partial charge is 0.504 e. The van der Waals surface area contributed by atoms with E-state index in [0.29, 0.717) is 17.9 Å². The van der Waals surface area contributed by atoms with Gasteiger partial charge in [0.05, 0.1) is 0 Å². The van der Waals surface area contributed by atoms with Gasteiger partial charge in [0.15, 0.2) is 16.8 Å². The summed E-state index contributed by atoms with van der Waals surface area (Å²) >= 11 is 0. The summed E-state index contributed by atoms with van der Waals surface area (Å²) < 4.78 is 27.0. The van der Waals surface area contributed by atoms with Crippen LogP contribution in [0.1, 0.15) is 38.9 Å². The maximum atomic E-state index is 15.1. The van der Waals surface area contributed by atoms with Crippen molar-refractivity contribution in [3.05, 3.63) is 192 Å². The monoisotopic (exact) mass is 694 g/mol. The van der Waals surface area contributed by atoms with Gasteiger partial charge < -0.3 is 24.6 Å². The number of benzene rings is 6. The standard InChI is InChI=1S/C44H39O6P/c1-4-32-14-18-34(19-15-32)29-49-38-25-22-36(23-26-38)44(46,51(47,48)43-13-9-8-12-40(43)39-11-7-6-10-31(39)3)37-24-27-42(41(45)28-37)50-30-35-20-16-33(5-2)17-21-35/h4-28,45-46H,1-2,29-30H2,3H3,(H,47,48). The van der Waals surface area contributed by atoms with Crippen molar-refractivity contribution in [2.24, 2.45) is 0 Å². The van der Waals surface area contributed by atoms with Crippen molar-refractivity contribution in [2.75, 3.05) is 0 Å². The number of aromatic hydroxyl groups is 1. The van der Waals surface area contributed by atoms with Gasteiger partial charge in [0, 0.05) is 10.9 Å². The fraction of sp³-hybridized carbons (Fsp3) is 0.0909. The minimum Gasteiger partial charge on any atom is -0.504 e. The van der Waals surface area contributed by atoms with E-state index >= 15 is 4.57 Å². The van der Waals surface area contributed by atoms with Gasteiger partial charge in [0.2, 0.25) is 0 Å². The molecule has 51 heavy (non-hydrogen) atoms. The number of rotatable bonds is 13. The van der Waals surface area contributed by atoms with Gasteiger partial charge in [-0.15, -0.1) is 0 Å². The lowest BCUT2D eigenvalue weighted by atomic mass is 9.99. The van der Waals surface area contributed by atoms with Gasteiger partial charge in [-0.2, -0.15) is 0 Å². The zero-order chi connectivity index (χ0) is 36.0. The molecule has 0 aliphatic carbocycles. The Bertz CT molecular complexity index is 2210. The van der Waals surface area contributed by atoms with Crippen LogP contribution in [-0.2, 0) is 23.1 Å². The number of aliphatic hydroxyl groups is 1. The molecule has 256 valence electrons. The second kappa shape index (κ2) is 15.1. The molecular weight excluding hydrogens is 655 g/mol. The first-order valence-corrected chi connectivity index (χ1v) is 18.1. The van der Waals surface area contributed by atoms with Crippen LogP contribution in [-0.4, -0.2) is 15.1 Å². The second-order valence-corrected chi connectivity index (χ2v) is 14.5. The summed E-state index contributed by atoms with van der Waals surface area (Å²) in [5, 5.41) is 21.5. The number of phenolic OH excluding ortho intramolecular Hbond substituents is 1. The molecule has 7 heteroatoms. The molecule has 0 amide bonds. The normalized spacial score (nSPS) is 13.4. The number of ether oxygens (including phenoxy) is 2. The number of aryl methyl sites for hydroxylation is 1. The highest BCUT2D eigenvalue weighted by molar-refractivity contribution is 7.67. The van der Waals surface area contributed by atoms with Crippen LogP contribution in [0.15, 0.2) is 153 Å². The molecule has 6 nitrogen and oxygen atoms in total. The average molecular weight is 695 g/mol. The molecule has 6 rings (SSSR count). The molecule has 2 atom stereocenters. The Hall–Kier alpha value is -5.65. The van der Waals surface area contributed by atoms with E-state index in [1.165, 1.54) is 18.2 Å². The Morgan fingerprint density at radius 2 is 1.20 bits per heavy atom. The van der Waals surface area contributed by atoms with Gasteiger partial charge >= 0.3 is 0 Å². The summed E-state index contributed by atoms with van der Waals surface area (Å²) in [5.41, 5.74) is 6.17. The third-order valence-corrected chi connectivity index (χ3v) is 11.4. The van der Waals surface area contributed by atoms with Crippen molar-refractivity contribution in [1.82, 2.24) is 0 Å². The first kappa shape index (κ1) is 35.2. The Morgan fingerprint density at radius 1 is 0.667 bits per heavy atom.